The highest BCUT2D eigenvalue weighted by molar-refractivity contribution is 7.89. The number of carbonyl (C=O) groups is 1. The lowest BCUT2D eigenvalue weighted by molar-refractivity contribution is -0.132. The molecule has 2 aliphatic rings. The van der Waals surface area contributed by atoms with E-state index in [1.54, 1.807) is 15.5 Å². The molecule has 1 saturated heterocycles. The van der Waals surface area contributed by atoms with Gasteiger partial charge >= 0.3 is 0 Å². The Bertz CT molecular complexity index is 1480. The molecule has 3 aromatic rings. The van der Waals surface area contributed by atoms with Crippen LogP contribution in [0.4, 0.5) is 0 Å². The molecule has 10 heteroatoms. The van der Waals surface area contributed by atoms with Crippen LogP contribution in [0.5, 0.6) is 0 Å². The zero-order valence-electron chi connectivity index (χ0n) is 19.1. The smallest absolute Gasteiger partial charge is 0.261 e. The minimum atomic E-state index is -3.69. The van der Waals surface area contributed by atoms with Gasteiger partial charge < -0.3 is 4.90 Å². The van der Waals surface area contributed by atoms with Crippen molar-refractivity contribution in [2.75, 3.05) is 26.2 Å². The van der Waals surface area contributed by atoms with E-state index in [9.17, 15) is 18.0 Å². The summed E-state index contributed by atoms with van der Waals surface area (Å²) in [4.78, 5) is 32.4. The molecular formula is C25H25N5O4S. The molecule has 180 valence electrons. The predicted octanol–water partition coefficient (Wildman–Crippen LogP) is 2.07. The van der Waals surface area contributed by atoms with Crippen molar-refractivity contribution < 1.29 is 13.2 Å². The Balaban J connectivity index is 1.24. The molecule has 1 saturated carbocycles. The van der Waals surface area contributed by atoms with Gasteiger partial charge in [-0.1, -0.05) is 12.1 Å². The molecule has 1 amide bonds. The van der Waals surface area contributed by atoms with Crippen LogP contribution in [0.1, 0.15) is 36.7 Å². The number of benzene rings is 2. The Morgan fingerprint density at radius 2 is 1.71 bits per heavy atom. The highest BCUT2D eigenvalue weighted by Gasteiger charge is 2.31. The van der Waals surface area contributed by atoms with Gasteiger partial charge in [-0.15, -0.1) is 0 Å². The first-order chi connectivity index (χ1) is 16.9. The van der Waals surface area contributed by atoms with Gasteiger partial charge in [-0.05, 0) is 49.2 Å². The molecule has 35 heavy (non-hydrogen) atoms. The van der Waals surface area contributed by atoms with Crippen LogP contribution in [-0.4, -0.2) is 59.3 Å². The Kier molecular flexibility index (Phi) is 6.13. The summed E-state index contributed by atoms with van der Waals surface area (Å²) in [7, 11) is -3.69. The van der Waals surface area contributed by atoms with Crippen LogP contribution < -0.4 is 5.56 Å². The summed E-state index contributed by atoms with van der Waals surface area (Å²) in [5.74, 6) is 0.553. The quantitative estimate of drug-likeness (QED) is 0.521. The van der Waals surface area contributed by atoms with Crippen LogP contribution in [0.25, 0.3) is 10.9 Å². The third-order valence-electron chi connectivity index (χ3n) is 6.57. The number of aryl methyl sites for hydroxylation is 1. The maximum Gasteiger partial charge on any atom is 0.261 e. The summed E-state index contributed by atoms with van der Waals surface area (Å²) >= 11 is 0. The molecule has 0 atom stereocenters. The number of hydrogen-bond acceptors (Lipinski definition) is 6. The summed E-state index contributed by atoms with van der Waals surface area (Å²) in [6.45, 7) is 1.01. The van der Waals surface area contributed by atoms with E-state index in [4.69, 9.17) is 5.26 Å². The first-order valence-corrected chi connectivity index (χ1v) is 13.1. The molecule has 2 aromatic carbocycles. The molecule has 9 nitrogen and oxygen atoms in total. The fourth-order valence-corrected chi connectivity index (χ4v) is 5.90. The number of para-hydroxylation sites is 1. The molecule has 1 aliphatic carbocycles. The average molecular weight is 492 g/mol. The van der Waals surface area contributed by atoms with Crippen molar-refractivity contribution in [3.63, 3.8) is 0 Å². The van der Waals surface area contributed by atoms with Crippen molar-refractivity contribution in [1.82, 2.24) is 18.8 Å². The SMILES string of the molecule is N#Cc1ccc(S(=O)(=O)N2CCN(C(=O)CCc3nc4ccccc4c(=O)n3C3CC3)CC2)cc1. The first-order valence-electron chi connectivity index (χ1n) is 11.7. The van der Waals surface area contributed by atoms with E-state index in [2.05, 4.69) is 4.98 Å². The summed E-state index contributed by atoms with van der Waals surface area (Å²) < 4.78 is 29.0. The first kappa shape index (κ1) is 23.2. The maximum atomic E-state index is 13.0. The van der Waals surface area contributed by atoms with Gasteiger partial charge in [-0.3, -0.25) is 14.2 Å². The Hall–Kier alpha value is -3.55. The van der Waals surface area contributed by atoms with Gasteiger partial charge in [0.05, 0.1) is 27.4 Å². The number of nitriles is 1. The molecule has 2 heterocycles. The number of hydrogen-bond donors (Lipinski definition) is 0. The topological polar surface area (TPSA) is 116 Å². The van der Waals surface area contributed by atoms with Gasteiger partial charge in [0.2, 0.25) is 15.9 Å². The second-order valence-electron chi connectivity index (χ2n) is 8.87. The van der Waals surface area contributed by atoms with Crippen molar-refractivity contribution in [2.24, 2.45) is 0 Å². The monoisotopic (exact) mass is 491 g/mol. The van der Waals surface area contributed by atoms with E-state index in [1.165, 1.54) is 28.6 Å². The minimum Gasteiger partial charge on any atom is -0.340 e. The Morgan fingerprint density at radius 3 is 2.37 bits per heavy atom. The molecule has 0 radical (unpaired) electrons. The molecule has 5 rings (SSSR count). The third kappa shape index (κ3) is 4.57. The van der Waals surface area contributed by atoms with Crippen molar-refractivity contribution in [3.8, 4) is 6.07 Å². The molecular weight excluding hydrogens is 466 g/mol. The number of fused-ring (bicyclic) bond motifs is 1. The van der Waals surface area contributed by atoms with E-state index in [0.29, 0.717) is 41.8 Å². The number of carbonyl (C=O) groups excluding carboxylic acids is 1. The zero-order valence-corrected chi connectivity index (χ0v) is 19.9. The largest absolute Gasteiger partial charge is 0.340 e. The molecule has 1 aliphatic heterocycles. The van der Waals surface area contributed by atoms with Crippen molar-refractivity contribution in [3.05, 3.63) is 70.3 Å². The van der Waals surface area contributed by atoms with Crippen LogP contribution in [0, 0.1) is 11.3 Å². The van der Waals surface area contributed by atoms with Gasteiger partial charge in [-0.2, -0.15) is 9.57 Å². The second-order valence-corrected chi connectivity index (χ2v) is 10.8. The lowest BCUT2D eigenvalue weighted by Gasteiger charge is -2.34. The maximum absolute atomic E-state index is 13.0. The van der Waals surface area contributed by atoms with Crippen LogP contribution in [0.15, 0.2) is 58.2 Å². The summed E-state index contributed by atoms with van der Waals surface area (Å²) in [6.07, 6.45) is 2.45. The normalized spacial score (nSPS) is 16.8. The van der Waals surface area contributed by atoms with Gasteiger partial charge in [0.25, 0.3) is 5.56 Å². The average Bonchev–Trinajstić information content (AvgIpc) is 3.72. The number of piperazine rings is 1. The zero-order chi connectivity index (χ0) is 24.6. The standard InChI is InChI=1S/C25H25N5O4S/c26-17-18-5-9-20(10-6-18)35(33,34)29-15-13-28(14-16-29)24(31)12-11-23-27-22-4-2-1-3-21(22)25(32)30(23)19-7-8-19/h1-6,9-10,19H,7-8,11-16H2. The highest BCUT2D eigenvalue weighted by atomic mass is 32.2. The number of amides is 1. The van der Waals surface area contributed by atoms with E-state index in [0.717, 1.165) is 12.8 Å². The van der Waals surface area contributed by atoms with E-state index >= 15 is 0 Å². The summed E-state index contributed by atoms with van der Waals surface area (Å²) in [6, 6.07) is 15.2. The molecule has 0 unspecified atom stereocenters. The lowest BCUT2D eigenvalue weighted by atomic mass is 10.2. The van der Waals surface area contributed by atoms with E-state index < -0.39 is 10.0 Å². The lowest BCUT2D eigenvalue weighted by Crippen LogP contribution is -2.50. The second kappa shape index (κ2) is 9.24. The number of aromatic nitrogens is 2. The van der Waals surface area contributed by atoms with Crippen molar-refractivity contribution in [2.45, 2.75) is 36.6 Å². The van der Waals surface area contributed by atoms with Crippen molar-refractivity contribution >= 4 is 26.8 Å². The van der Waals surface area contributed by atoms with Gasteiger partial charge in [0.1, 0.15) is 5.82 Å². The molecule has 0 spiro atoms. The number of nitrogens with zero attached hydrogens (tertiary/aromatic N) is 5. The van der Waals surface area contributed by atoms with E-state index in [-0.39, 0.29) is 41.9 Å². The molecule has 0 N–H and O–H groups in total. The number of rotatable bonds is 6. The summed E-state index contributed by atoms with van der Waals surface area (Å²) in [5, 5.41) is 9.51. The third-order valence-corrected chi connectivity index (χ3v) is 8.48. The predicted molar refractivity (Wildman–Crippen MR) is 129 cm³/mol. The van der Waals surface area contributed by atoms with Crippen LogP contribution in [-0.2, 0) is 21.2 Å². The molecule has 0 bridgehead atoms. The van der Waals surface area contributed by atoms with E-state index in [1.807, 2.05) is 24.3 Å². The van der Waals surface area contributed by atoms with Crippen LogP contribution >= 0.6 is 0 Å². The van der Waals surface area contributed by atoms with Crippen LogP contribution in [0.3, 0.4) is 0 Å². The fraction of sp³-hybridized carbons (Fsp3) is 0.360. The van der Waals surface area contributed by atoms with Crippen LogP contribution in [0.2, 0.25) is 0 Å². The molecule has 2 fully saturated rings. The molecule has 1 aromatic heterocycles. The minimum absolute atomic E-state index is 0.0535. The number of sulfonamides is 1. The van der Waals surface area contributed by atoms with Gasteiger partial charge in [-0.25, -0.2) is 13.4 Å². The Labute approximate surface area is 203 Å². The summed E-state index contributed by atoms with van der Waals surface area (Å²) in [5.41, 5.74) is 0.980. The van der Waals surface area contributed by atoms with Gasteiger partial charge in [0.15, 0.2) is 0 Å². The Morgan fingerprint density at radius 1 is 1.03 bits per heavy atom. The van der Waals surface area contributed by atoms with Crippen molar-refractivity contribution in [1.29, 1.82) is 5.26 Å². The highest BCUT2D eigenvalue weighted by Crippen LogP contribution is 2.35. The van der Waals surface area contributed by atoms with Gasteiger partial charge in [0, 0.05) is 45.1 Å². The fourth-order valence-electron chi connectivity index (χ4n) is 4.48.